The molecular formula is C37H34N6O3. The van der Waals surface area contributed by atoms with E-state index in [1.54, 1.807) is 6.20 Å². The number of likely N-dealkylation sites (tertiary alicyclic amines) is 1. The number of unbranched alkanes of at least 4 members (excludes halogenated alkanes) is 1. The van der Waals surface area contributed by atoms with Crippen molar-refractivity contribution in [2.75, 3.05) is 13.1 Å². The molecule has 0 atom stereocenters. The second-order valence-corrected chi connectivity index (χ2v) is 11.7. The summed E-state index contributed by atoms with van der Waals surface area (Å²) in [6.45, 7) is 1.26. The summed E-state index contributed by atoms with van der Waals surface area (Å²) in [5.41, 5.74) is 7.40. The Bertz CT molecular complexity index is 2020. The van der Waals surface area contributed by atoms with E-state index in [-0.39, 0.29) is 18.4 Å². The Balaban J connectivity index is 1.12. The zero-order valence-electron chi connectivity index (χ0n) is 25.4. The van der Waals surface area contributed by atoms with Crippen LogP contribution in [0.2, 0.25) is 0 Å². The van der Waals surface area contributed by atoms with E-state index in [0.717, 1.165) is 57.9 Å². The van der Waals surface area contributed by atoms with Crippen molar-refractivity contribution in [2.45, 2.75) is 44.6 Å². The molecule has 1 fully saturated rings. The third-order valence-electron chi connectivity index (χ3n) is 8.69. The highest BCUT2D eigenvalue weighted by atomic mass is 16.4. The third kappa shape index (κ3) is 5.96. The number of hydrogen-bond donors (Lipinski definition) is 1. The number of carboxylic acid groups (broad SMARTS) is 1. The Morgan fingerprint density at radius 2 is 1.57 bits per heavy atom. The molecule has 0 spiro atoms. The fraction of sp³-hybridized carbons (Fsp3) is 0.243. The number of pyridine rings is 1. The van der Waals surface area contributed by atoms with Crippen LogP contribution < -0.4 is 0 Å². The molecule has 9 nitrogen and oxygen atoms in total. The lowest BCUT2D eigenvalue weighted by atomic mass is 10.0. The van der Waals surface area contributed by atoms with Crippen LogP contribution in [0.25, 0.3) is 44.8 Å². The number of piperidine rings is 1. The molecule has 1 N–H and O–H groups in total. The van der Waals surface area contributed by atoms with Crippen LogP contribution in [0.5, 0.6) is 0 Å². The summed E-state index contributed by atoms with van der Waals surface area (Å²) in [5, 5.41) is 9.07. The molecule has 9 heteroatoms. The molecule has 0 radical (unpaired) electrons. The number of nitrogens with zero attached hydrogens (tertiary/aromatic N) is 6. The van der Waals surface area contributed by atoms with Crippen LogP contribution in [-0.2, 0) is 11.2 Å². The number of fused-ring (bicyclic) bond motifs is 2. The highest BCUT2D eigenvalue weighted by Gasteiger charge is 2.28. The molecule has 46 heavy (non-hydrogen) atoms. The van der Waals surface area contributed by atoms with Gasteiger partial charge in [0.25, 0.3) is 5.91 Å². The van der Waals surface area contributed by atoms with Crippen molar-refractivity contribution in [3.8, 4) is 22.8 Å². The van der Waals surface area contributed by atoms with E-state index in [0.29, 0.717) is 43.4 Å². The summed E-state index contributed by atoms with van der Waals surface area (Å²) in [6.07, 6.45) is 5.39. The maximum absolute atomic E-state index is 13.8. The number of aliphatic carboxylic acids is 1. The molecule has 1 amide bonds. The third-order valence-corrected chi connectivity index (χ3v) is 8.69. The molecule has 1 aliphatic rings. The Morgan fingerprint density at radius 3 is 2.35 bits per heavy atom. The minimum atomic E-state index is -0.799. The van der Waals surface area contributed by atoms with Gasteiger partial charge in [-0.3, -0.25) is 14.6 Å². The number of carboxylic acids is 1. The number of imidazole rings is 1. The van der Waals surface area contributed by atoms with Crippen LogP contribution in [0.4, 0.5) is 0 Å². The molecule has 1 aliphatic heterocycles. The first-order valence-corrected chi connectivity index (χ1v) is 15.8. The molecule has 3 aromatic heterocycles. The summed E-state index contributed by atoms with van der Waals surface area (Å²) in [5.74, 6) is 0.0399. The largest absolute Gasteiger partial charge is 0.481 e. The van der Waals surface area contributed by atoms with Gasteiger partial charge in [0.2, 0.25) is 0 Å². The number of benzene rings is 3. The minimum Gasteiger partial charge on any atom is -0.481 e. The summed E-state index contributed by atoms with van der Waals surface area (Å²) in [7, 11) is 0. The predicted octanol–water partition coefficient (Wildman–Crippen LogP) is 6.98. The van der Waals surface area contributed by atoms with Gasteiger partial charge in [0.15, 0.2) is 5.82 Å². The number of amides is 1. The van der Waals surface area contributed by atoms with Gasteiger partial charge in [0.05, 0.1) is 33.5 Å². The van der Waals surface area contributed by atoms with Crippen LogP contribution in [-0.4, -0.2) is 59.5 Å². The Hall–Kier alpha value is -5.44. The van der Waals surface area contributed by atoms with E-state index in [9.17, 15) is 9.59 Å². The fourth-order valence-corrected chi connectivity index (χ4v) is 6.39. The topological polar surface area (TPSA) is 114 Å². The standard InChI is InChI=1S/C37H34N6O3/c44-34(45)16-7-5-13-30-35(25-10-2-1-3-11-25)40-28-18-17-26(24-32(28)39-30)37(46)42-22-19-27(20-23-42)43-33-15-6-4-12-29(33)41-36(43)31-14-8-9-21-38-31/h1-4,6,8-12,14-15,17-18,21,24,27H,5,7,13,16,19-20,22-23H2,(H,44,45). The van der Waals surface area contributed by atoms with Crippen LogP contribution in [0.15, 0.2) is 97.2 Å². The van der Waals surface area contributed by atoms with Crippen molar-refractivity contribution in [1.29, 1.82) is 0 Å². The van der Waals surface area contributed by atoms with Crippen LogP contribution in [0, 0.1) is 0 Å². The lowest BCUT2D eigenvalue weighted by molar-refractivity contribution is -0.137. The number of rotatable bonds is 9. The van der Waals surface area contributed by atoms with Gasteiger partial charge in [-0.2, -0.15) is 0 Å². The molecule has 3 aromatic carbocycles. The lowest BCUT2D eigenvalue weighted by Crippen LogP contribution is -2.39. The molecule has 4 heterocycles. The average Bonchev–Trinajstić information content (AvgIpc) is 3.50. The van der Waals surface area contributed by atoms with E-state index in [2.05, 4.69) is 15.6 Å². The van der Waals surface area contributed by atoms with Crippen LogP contribution >= 0.6 is 0 Å². The smallest absolute Gasteiger partial charge is 0.303 e. The van der Waals surface area contributed by atoms with Gasteiger partial charge in [-0.15, -0.1) is 0 Å². The molecular weight excluding hydrogens is 576 g/mol. The van der Waals surface area contributed by atoms with Crippen molar-refractivity contribution < 1.29 is 14.7 Å². The van der Waals surface area contributed by atoms with E-state index in [4.69, 9.17) is 20.1 Å². The number of aryl methyl sites for hydroxylation is 1. The van der Waals surface area contributed by atoms with Gasteiger partial charge >= 0.3 is 5.97 Å². The Labute approximate surface area is 266 Å². The molecule has 6 aromatic rings. The maximum Gasteiger partial charge on any atom is 0.303 e. The molecule has 230 valence electrons. The molecule has 1 saturated heterocycles. The SMILES string of the molecule is O=C(O)CCCCc1nc2cc(C(=O)N3CCC(n4c(-c5ccccn5)nc5ccccc54)CC3)ccc2nc1-c1ccccc1. The number of carbonyl (C=O) groups excluding carboxylic acids is 1. The van der Waals surface area contributed by atoms with Gasteiger partial charge in [0.1, 0.15) is 5.69 Å². The fourth-order valence-electron chi connectivity index (χ4n) is 6.39. The van der Waals surface area contributed by atoms with Gasteiger partial charge in [-0.1, -0.05) is 48.5 Å². The highest BCUT2D eigenvalue weighted by molar-refractivity contribution is 5.97. The van der Waals surface area contributed by atoms with Crippen molar-refractivity contribution in [1.82, 2.24) is 29.4 Å². The van der Waals surface area contributed by atoms with Gasteiger partial charge in [0, 0.05) is 42.9 Å². The first kappa shape index (κ1) is 29.3. The van der Waals surface area contributed by atoms with E-state index < -0.39 is 5.97 Å². The lowest BCUT2D eigenvalue weighted by Gasteiger charge is -2.33. The molecule has 0 unspecified atom stereocenters. The Kier molecular flexibility index (Phi) is 8.20. The number of aromatic nitrogens is 5. The van der Waals surface area contributed by atoms with Crippen molar-refractivity contribution >= 4 is 33.9 Å². The normalized spacial score (nSPS) is 13.8. The number of carbonyl (C=O) groups is 2. The van der Waals surface area contributed by atoms with Crippen molar-refractivity contribution in [3.63, 3.8) is 0 Å². The summed E-state index contributed by atoms with van der Waals surface area (Å²) in [6, 6.07) is 29.7. The molecule has 0 saturated carbocycles. The maximum atomic E-state index is 13.8. The van der Waals surface area contributed by atoms with E-state index in [1.165, 1.54) is 0 Å². The van der Waals surface area contributed by atoms with Crippen LogP contribution in [0.1, 0.15) is 54.2 Å². The molecule has 0 aliphatic carbocycles. The van der Waals surface area contributed by atoms with Crippen molar-refractivity contribution in [3.05, 3.63) is 108 Å². The Morgan fingerprint density at radius 1 is 0.783 bits per heavy atom. The predicted molar refractivity (Wildman–Crippen MR) is 177 cm³/mol. The average molecular weight is 611 g/mol. The first-order valence-electron chi connectivity index (χ1n) is 15.8. The van der Waals surface area contributed by atoms with Gasteiger partial charge in [-0.05, 0) is 74.6 Å². The summed E-state index contributed by atoms with van der Waals surface area (Å²) < 4.78 is 2.30. The van der Waals surface area contributed by atoms with E-state index in [1.807, 2.05) is 89.8 Å². The zero-order chi connectivity index (χ0) is 31.5. The van der Waals surface area contributed by atoms with Crippen molar-refractivity contribution in [2.24, 2.45) is 0 Å². The highest BCUT2D eigenvalue weighted by Crippen LogP contribution is 2.33. The number of hydrogen-bond acceptors (Lipinski definition) is 6. The van der Waals surface area contributed by atoms with Crippen LogP contribution in [0.3, 0.4) is 0 Å². The summed E-state index contributed by atoms with van der Waals surface area (Å²) >= 11 is 0. The second kappa shape index (κ2) is 12.9. The van der Waals surface area contributed by atoms with Gasteiger partial charge in [-0.25, -0.2) is 15.0 Å². The monoisotopic (exact) mass is 610 g/mol. The van der Waals surface area contributed by atoms with E-state index >= 15 is 0 Å². The molecule has 0 bridgehead atoms. The first-order chi connectivity index (χ1) is 22.5. The summed E-state index contributed by atoms with van der Waals surface area (Å²) in [4.78, 5) is 46.2. The van der Waals surface area contributed by atoms with Gasteiger partial charge < -0.3 is 14.6 Å². The minimum absolute atomic E-state index is 0.0160. The quantitative estimate of drug-likeness (QED) is 0.176. The molecule has 7 rings (SSSR count). The second-order valence-electron chi connectivity index (χ2n) is 11.7. The zero-order valence-corrected chi connectivity index (χ0v) is 25.4. The number of para-hydroxylation sites is 2.